The maximum atomic E-state index is 5.43. The molecule has 82 valence electrons. The fourth-order valence-corrected chi connectivity index (χ4v) is 2.86. The van der Waals surface area contributed by atoms with Crippen molar-refractivity contribution in [1.82, 2.24) is 4.90 Å². The van der Waals surface area contributed by atoms with Gasteiger partial charge in [-0.3, -0.25) is 0 Å². The zero-order valence-electron chi connectivity index (χ0n) is 9.54. The molecule has 2 rings (SSSR count). The predicted molar refractivity (Wildman–Crippen MR) is 58.4 cm³/mol. The van der Waals surface area contributed by atoms with Gasteiger partial charge in [0.1, 0.15) is 0 Å². The van der Waals surface area contributed by atoms with E-state index in [0.29, 0.717) is 6.10 Å². The number of ether oxygens (including phenoxy) is 1. The first-order chi connectivity index (χ1) is 6.79. The lowest BCUT2D eigenvalue weighted by Gasteiger charge is -2.34. The van der Waals surface area contributed by atoms with Crippen molar-refractivity contribution in [1.29, 1.82) is 0 Å². The third-order valence-electron chi connectivity index (χ3n) is 4.02. The summed E-state index contributed by atoms with van der Waals surface area (Å²) >= 11 is 0. The molecule has 14 heavy (non-hydrogen) atoms. The van der Waals surface area contributed by atoms with Gasteiger partial charge in [-0.1, -0.05) is 6.92 Å². The van der Waals surface area contributed by atoms with E-state index >= 15 is 0 Å². The van der Waals surface area contributed by atoms with Gasteiger partial charge in [0.15, 0.2) is 0 Å². The topological polar surface area (TPSA) is 12.5 Å². The molecule has 0 aromatic carbocycles. The van der Waals surface area contributed by atoms with E-state index in [4.69, 9.17) is 4.74 Å². The minimum Gasteiger partial charge on any atom is -0.381 e. The highest BCUT2D eigenvalue weighted by Crippen LogP contribution is 2.29. The first kappa shape index (κ1) is 10.4. The van der Waals surface area contributed by atoms with Gasteiger partial charge >= 0.3 is 0 Å². The first-order valence-electron chi connectivity index (χ1n) is 6.06. The van der Waals surface area contributed by atoms with Crippen LogP contribution >= 0.6 is 0 Å². The highest BCUT2D eigenvalue weighted by molar-refractivity contribution is 4.85. The average molecular weight is 197 g/mol. The fourth-order valence-electron chi connectivity index (χ4n) is 2.86. The van der Waals surface area contributed by atoms with Crippen molar-refractivity contribution in [2.24, 2.45) is 5.92 Å². The molecule has 1 saturated carbocycles. The zero-order valence-corrected chi connectivity index (χ0v) is 9.54. The van der Waals surface area contributed by atoms with E-state index in [9.17, 15) is 0 Å². The molecule has 1 aliphatic heterocycles. The van der Waals surface area contributed by atoms with Gasteiger partial charge in [-0.2, -0.15) is 0 Å². The van der Waals surface area contributed by atoms with Gasteiger partial charge in [0.05, 0.1) is 6.10 Å². The Morgan fingerprint density at radius 1 is 1.07 bits per heavy atom. The second-order valence-electron chi connectivity index (χ2n) is 5.04. The molecule has 0 N–H and O–H groups in total. The smallest absolute Gasteiger partial charge is 0.0586 e. The maximum Gasteiger partial charge on any atom is 0.0586 e. The number of likely N-dealkylation sites (tertiary alicyclic amines) is 1. The Labute approximate surface area is 87.6 Å². The van der Waals surface area contributed by atoms with E-state index in [2.05, 4.69) is 11.8 Å². The van der Waals surface area contributed by atoms with Gasteiger partial charge in [-0.05, 0) is 51.1 Å². The van der Waals surface area contributed by atoms with Crippen LogP contribution in [-0.2, 0) is 4.74 Å². The molecular weight excluding hydrogens is 174 g/mol. The normalized spacial score (nSPS) is 36.4. The number of rotatable bonds is 2. The lowest BCUT2D eigenvalue weighted by atomic mass is 9.97. The molecule has 1 saturated heterocycles. The Balaban J connectivity index is 1.79. The number of hydrogen-bond acceptors (Lipinski definition) is 2. The van der Waals surface area contributed by atoms with E-state index in [1.165, 1.54) is 45.2 Å². The monoisotopic (exact) mass is 197 g/mol. The van der Waals surface area contributed by atoms with Crippen LogP contribution in [0.4, 0.5) is 0 Å². The molecule has 2 aliphatic rings. The molecule has 0 bridgehead atoms. The summed E-state index contributed by atoms with van der Waals surface area (Å²) in [5.41, 5.74) is 0. The molecule has 0 aromatic rings. The van der Waals surface area contributed by atoms with Crippen LogP contribution in [0.15, 0.2) is 0 Å². The zero-order chi connectivity index (χ0) is 9.97. The Bertz CT molecular complexity index is 175. The van der Waals surface area contributed by atoms with Crippen LogP contribution in [0.5, 0.6) is 0 Å². The molecule has 0 radical (unpaired) electrons. The second-order valence-corrected chi connectivity index (χ2v) is 5.04. The highest BCUT2D eigenvalue weighted by Gasteiger charge is 2.30. The van der Waals surface area contributed by atoms with Crippen LogP contribution in [0.25, 0.3) is 0 Å². The van der Waals surface area contributed by atoms with Crippen LogP contribution < -0.4 is 0 Å². The molecule has 2 atom stereocenters. The molecule has 2 fully saturated rings. The minimum absolute atomic E-state index is 0.541. The molecule has 1 heterocycles. The third-order valence-corrected chi connectivity index (χ3v) is 4.02. The van der Waals surface area contributed by atoms with Crippen LogP contribution in [0.2, 0.25) is 0 Å². The van der Waals surface area contributed by atoms with Crippen molar-refractivity contribution in [2.45, 2.75) is 51.2 Å². The van der Waals surface area contributed by atoms with Crippen molar-refractivity contribution < 1.29 is 4.74 Å². The SMILES string of the molecule is COC1CCC(N2CCC(C)CC2)C1. The molecule has 0 spiro atoms. The number of hydrogen-bond donors (Lipinski definition) is 0. The summed E-state index contributed by atoms with van der Waals surface area (Å²) in [6, 6.07) is 0.826. The van der Waals surface area contributed by atoms with E-state index in [0.717, 1.165) is 12.0 Å². The fraction of sp³-hybridized carbons (Fsp3) is 1.00. The summed E-state index contributed by atoms with van der Waals surface area (Å²) in [5.74, 6) is 0.950. The van der Waals surface area contributed by atoms with E-state index < -0.39 is 0 Å². The van der Waals surface area contributed by atoms with E-state index in [1.54, 1.807) is 0 Å². The van der Waals surface area contributed by atoms with E-state index in [1.807, 2.05) is 7.11 Å². The number of piperidine rings is 1. The summed E-state index contributed by atoms with van der Waals surface area (Å²) in [5, 5.41) is 0. The number of nitrogens with zero attached hydrogens (tertiary/aromatic N) is 1. The van der Waals surface area contributed by atoms with Gasteiger partial charge in [0, 0.05) is 13.2 Å². The lowest BCUT2D eigenvalue weighted by molar-refractivity contribution is 0.0881. The largest absolute Gasteiger partial charge is 0.381 e. The summed E-state index contributed by atoms with van der Waals surface area (Å²) in [4.78, 5) is 2.69. The van der Waals surface area contributed by atoms with Crippen LogP contribution in [0.3, 0.4) is 0 Å². The molecule has 0 amide bonds. The number of methoxy groups -OCH3 is 1. The highest BCUT2D eigenvalue weighted by atomic mass is 16.5. The first-order valence-corrected chi connectivity index (χ1v) is 6.06. The summed E-state index contributed by atoms with van der Waals surface area (Å²) in [6.45, 7) is 5.02. The Morgan fingerprint density at radius 3 is 2.36 bits per heavy atom. The molecular formula is C12H23NO. The average Bonchev–Trinajstić information content (AvgIpc) is 2.67. The van der Waals surface area contributed by atoms with E-state index in [-0.39, 0.29) is 0 Å². The third kappa shape index (κ3) is 2.29. The van der Waals surface area contributed by atoms with Crippen LogP contribution in [0.1, 0.15) is 39.0 Å². The van der Waals surface area contributed by atoms with Gasteiger partial charge in [-0.25, -0.2) is 0 Å². The van der Waals surface area contributed by atoms with Crippen molar-refractivity contribution in [3.8, 4) is 0 Å². The maximum absolute atomic E-state index is 5.43. The van der Waals surface area contributed by atoms with Crippen LogP contribution in [0, 0.1) is 5.92 Å². The molecule has 2 unspecified atom stereocenters. The Morgan fingerprint density at radius 2 is 1.79 bits per heavy atom. The Kier molecular flexibility index (Phi) is 3.45. The standard InChI is InChI=1S/C12H23NO/c1-10-5-7-13(8-6-10)11-3-4-12(9-11)14-2/h10-12H,3-9H2,1-2H3. The predicted octanol–water partition coefficient (Wildman–Crippen LogP) is 2.29. The molecule has 2 heteroatoms. The molecule has 2 nitrogen and oxygen atoms in total. The molecule has 1 aliphatic carbocycles. The lowest BCUT2D eigenvalue weighted by Crippen LogP contribution is -2.40. The van der Waals surface area contributed by atoms with Gasteiger partial charge < -0.3 is 9.64 Å². The van der Waals surface area contributed by atoms with Gasteiger partial charge in [-0.15, -0.1) is 0 Å². The van der Waals surface area contributed by atoms with Crippen molar-refractivity contribution in [3.63, 3.8) is 0 Å². The quantitative estimate of drug-likeness (QED) is 0.673. The summed E-state index contributed by atoms with van der Waals surface area (Å²) in [6.07, 6.45) is 7.23. The Hall–Kier alpha value is -0.0800. The van der Waals surface area contributed by atoms with Crippen molar-refractivity contribution in [3.05, 3.63) is 0 Å². The summed E-state index contributed by atoms with van der Waals surface area (Å²) < 4.78 is 5.43. The van der Waals surface area contributed by atoms with Crippen LogP contribution in [-0.4, -0.2) is 37.2 Å². The van der Waals surface area contributed by atoms with Crippen molar-refractivity contribution >= 4 is 0 Å². The summed E-state index contributed by atoms with van der Waals surface area (Å²) in [7, 11) is 1.85. The van der Waals surface area contributed by atoms with Gasteiger partial charge in [0.2, 0.25) is 0 Å². The minimum atomic E-state index is 0.541. The molecule has 0 aromatic heterocycles. The van der Waals surface area contributed by atoms with Gasteiger partial charge in [0.25, 0.3) is 0 Å². The van der Waals surface area contributed by atoms with Crippen molar-refractivity contribution in [2.75, 3.05) is 20.2 Å². The second kappa shape index (κ2) is 4.63.